The van der Waals surface area contributed by atoms with Crippen molar-refractivity contribution < 1.29 is 14.2 Å². The van der Waals surface area contributed by atoms with Gasteiger partial charge < -0.3 is 30.3 Å². The Morgan fingerprint density at radius 2 is 1.76 bits per heavy atom. The van der Waals surface area contributed by atoms with Crippen LogP contribution in [-0.4, -0.2) is 30.2 Å². The van der Waals surface area contributed by atoms with Gasteiger partial charge in [0.25, 0.3) is 0 Å². The summed E-state index contributed by atoms with van der Waals surface area (Å²) in [6, 6.07) is 19.8. The quantitative estimate of drug-likeness (QED) is 0.426. The molecule has 1 fully saturated rings. The van der Waals surface area contributed by atoms with Gasteiger partial charge in [-0.25, -0.2) is 0 Å². The summed E-state index contributed by atoms with van der Waals surface area (Å²) >= 11 is 0. The van der Waals surface area contributed by atoms with E-state index in [0.717, 1.165) is 53.3 Å². The standard InChI is InChI=1S/C27H27N3O3/c28-15-12-24(29)26-23(19-6-8-22(9-7-19)33-21-4-2-1-3-5-21)18-25(30-26)20-10-13-27(14-11-20)31-16-17-32-27/h1-10,12,15,18,28,30H,11,13-14,16-17,29H2/b24-12+,28-15?. The Hall–Kier alpha value is -3.61. The van der Waals surface area contributed by atoms with Crippen molar-refractivity contribution >= 4 is 17.5 Å². The summed E-state index contributed by atoms with van der Waals surface area (Å²) in [5.74, 6) is 1.11. The van der Waals surface area contributed by atoms with Crippen LogP contribution in [0.4, 0.5) is 0 Å². The summed E-state index contributed by atoms with van der Waals surface area (Å²) in [6.45, 7) is 1.32. The summed E-state index contributed by atoms with van der Waals surface area (Å²) in [6.07, 6.45) is 7.42. The lowest BCUT2D eigenvalue weighted by molar-refractivity contribution is -0.159. The summed E-state index contributed by atoms with van der Waals surface area (Å²) in [7, 11) is 0. The highest BCUT2D eigenvalue weighted by Gasteiger charge is 2.38. The molecule has 1 aliphatic carbocycles. The van der Waals surface area contributed by atoms with Crippen molar-refractivity contribution in [2.75, 3.05) is 13.2 Å². The molecule has 1 spiro atoms. The largest absolute Gasteiger partial charge is 0.457 e. The molecule has 1 aliphatic heterocycles. The van der Waals surface area contributed by atoms with Crippen LogP contribution in [0, 0.1) is 5.41 Å². The number of ether oxygens (including phenoxy) is 3. The number of allylic oxidation sites excluding steroid dienone is 2. The topological polar surface area (TPSA) is 93.4 Å². The van der Waals surface area contributed by atoms with Crippen LogP contribution in [0.3, 0.4) is 0 Å². The summed E-state index contributed by atoms with van der Waals surface area (Å²) < 4.78 is 17.6. The maximum absolute atomic E-state index is 7.44. The molecule has 0 amide bonds. The molecule has 0 saturated carbocycles. The number of nitrogens with one attached hydrogen (secondary N) is 2. The predicted molar refractivity (Wildman–Crippen MR) is 130 cm³/mol. The number of H-pyrrole nitrogens is 1. The molecule has 3 aromatic rings. The maximum Gasteiger partial charge on any atom is 0.172 e. The van der Waals surface area contributed by atoms with Gasteiger partial charge in [-0.1, -0.05) is 36.4 Å². The molecule has 0 atom stereocenters. The summed E-state index contributed by atoms with van der Waals surface area (Å²) in [5, 5.41) is 7.44. The number of rotatable bonds is 6. The van der Waals surface area contributed by atoms with Crippen LogP contribution in [0.5, 0.6) is 11.5 Å². The van der Waals surface area contributed by atoms with Crippen LogP contribution in [0.15, 0.2) is 72.8 Å². The van der Waals surface area contributed by atoms with Crippen molar-refractivity contribution in [2.24, 2.45) is 5.73 Å². The molecule has 1 aromatic heterocycles. The van der Waals surface area contributed by atoms with Gasteiger partial charge in [-0.3, -0.25) is 0 Å². The Labute approximate surface area is 193 Å². The highest BCUT2D eigenvalue weighted by molar-refractivity contribution is 5.88. The van der Waals surface area contributed by atoms with Gasteiger partial charge in [0.15, 0.2) is 5.79 Å². The number of para-hydroxylation sites is 1. The molecule has 1 saturated heterocycles. The molecule has 0 radical (unpaired) electrons. The van der Waals surface area contributed by atoms with Gasteiger partial charge in [-0.15, -0.1) is 0 Å². The van der Waals surface area contributed by atoms with Crippen molar-refractivity contribution in [1.29, 1.82) is 5.41 Å². The number of hydrogen-bond donors (Lipinski definition) is 3. The molecule has 2 heterocycles. The minimum Gasteiger partial charge on any atom is -0.457 e. The summed E-state index contributed by atoms with van der Waals surface area (Å²) in [4.78, 5) is 3.49. The van der Waals surface area contributed by atoms with Crippen LogP contribution in [-0.2, 0) is 9.47 Å². The van der Waals surface area contributed by atoms with Gasteiger partial charge >= 0.3 is 0 Å². The second-order valence-corrected chi connectivity index (χ2v) is 8.24. The van der Waals surface area contributed by atoms with Gasteiger partial charge in [0, 0.05) is 30.3 Å². The lowest BCUT2D eigenvalue weighted by Crippen LogP contribution is -2.31. The molecule has 0 bridgehead atoms. The third-order valence-electron chi connectivity index (χ3n) is 6.11. The van der Waals surface area contributed by atoms with Gasteiger partial charge in [0.2, 0.25) is 0 Å². The lowest BCUT2D eigenvalue weighted by Gasteiger charge is -2.30. The van der Waals surface area contributed by atoms with Crippen molar-refractivity contribution in [2.45, 2.75) is 25.0 Å². The van der Waals surface area contributed by atoms with Gasteiger partial charge in [-0.05, 0) is 54.0 Å². The minimum absolute atomic E-state index is 0.449. The van der Waals surface area contributed by atoms with Crippen molar-refractivity contribution in [1.82, 2.24) is 4.98 Å². The molecule has 6 nitrogen and oxygen atoms in total. The van der Waals surface area contributed by atoms with Gasteiger partial charge in [-0.2, -0.15) is 0 Å². The average molecular weight is 442 g/mol. The molecular formula is C27H27N3O3. The van der Waals surface area contributed by atoms with E-state index in [9.17, 15) is 0 Å². The molecule has 168 valence electrons. The minimum atomic E-state index is -0.449. The van der Waals surface area contributed by atoms with Gasteiger partial charge in [0.1, 0.15) is 11.5 Å². The van der Waals surface area contributed by atoms with E-state index in [2.05, 4.69) is 17.1 Å². The van der Waals surface area contributed by atoms with Gasteiger partial charge in [0.05, 0.1) is 24.6 Å². The number of hydrogen-bond acceptors (Lipinski definition) is 5. The lowest BCUT2D eigenvalue weighted by atomic mass is 9.92. The first-order valence-electron chi connectivity index (χ1n) is 11.2. The van der Waals surface area contributed by atoms with Crippen LogP contribution in [0.2, 0.25) is 0 Å². The average Bonchev–Trinajstić information content (AvgIpc) is 3.49. The zero-order chi connectivity index (χ0) is 22.7. The van der Waals surface area contributed by atoms with E-state index in [1.54, 1.807) is 6.08 Å². The molecule has 2 aromatic carbocycles. The Morgan fingerprint density at radius 3 is 2.42 bits per heavy atom. The normalized spacial score (nSPS) is 17.7. The molecule has 5 rings (SSSR count). The monoisotopic (exact) mass is 441 g/mol. The van der Waals surface area contributed by atoms with E-state index in [-0.39, 0.29) is 0 Å². The predicted octanol–water partition coefficient (Wildman–Crippen LogP) is 5.73. The molecule has 6 heteroatoms. The first-order valence-corrected chi connectivity index (χ1v) is 11.2. The molecule has 0 unspecified atom stereocenters. The van der Waals surface area contributed by atoms with E-state index in [1.165, 1.54) is 11.8 Å². The van der Waals surface area contributed by atoms with E-state index in [4.69, 9.17) is 25.4 Å². The molecule has 4 N–H and O–H groups in total. The SMILES string of the molecule is N=C/C=C(/N)c1[nH]c(C2=CCC3(CC2)OCCO3)cc1-c1ccc(Oc2ccccc2)cc1. The maximum atomic E-state index is 7.44. The van der Waals surface area contributed by atoms with E-state index in [1.807, 2.05) is 54.6 Å². The van der Waals surface area contributed by atoms with Crippen LogP contribution < -0.4 is 10.5 Å². The Kier molecular flexibility index (Phi) is 5.86. The molecule has 33 heavy (non-hydrogen) atoms. The number of aromatic nitrogens is 1. The second kappa shape index (κ2) is 9.10. The van der Waals surface area contributed by atoms with E-state index >= 15 is 0 Å². The first kappa shape index (κ1) is 21.2. The summed E-state index contributed by atoms with van der Waals surface area (Å²) in [5.41, 5.74) is 11.9. The van der Waals surface area contributed by atoms with Crippen molar-refractivity contribution in [3.8, 4) is 22.6 Å². The highest BCUT2D eigenvalue weighted by atomic mass is 16.7. The van der Waals surface area contributed by atoms with Crippen molar-refractivity contribution in [3.05, 3.63) is 84.2 Å². The highest BCUT2D eigenvalue weighted by Crippen LogP contribution is 2.40. The first-order chi connectivity index (χ1) is 16.2. The van der Waals surface area contributed by atoms with Crippen molar-refractivity contribution in [3.63, 3.8) is 0 Å². The number of benzene rings is 2. The third kappa shape index (κ3) is 4.49. The zero-order valence-corrected chi connectivity index (χ0v) is 18.3. The fourth-order valence-corrected chi connectivity index (χ4v) is 4.39. The smallest absolute Gasteiger partial charge is 0.172 e. The fraction of sp³-hybridized carbons (Fsp3) is 0.222. The van der Waals surface area contributed by atoms with E-state index < -0.39 is 5.79 Å². The zero-order valence-electron chi connectivity index (χ0n) is 18.3. The Morgan fingerprint density at radius 1 is 1.03 bits per heavy atom. The van der Waals surface area contributed by atoms with Crippen LogP contribution in [0.1, 0.15) is 30.7 Å². The number of aromatic amines is 1. The Balaban J connectivity index is 1.44. The third-order valence-corrected chi connectivity index (χ3v) is 6.11. The molecular weight excluding hydrogens is 414 g/mol. The van der Waals surface area contributed by atoms with Crippen LogP contribution >= 0.6 is 0 Å². The van der Waals surface area contributed by atoms with Crippen LogP contribution in [0.25, 0.3) is 22.4 Å². The molecule has 2 aliphatic rings. The second-order valence-electron chi connectivity index (χ2n) is 8.24. The Bertz CT molecular complexity index is 1190. The fourth-order valence-electron chi connectivity index (χ4n) is 4.39. The number of nitrogens with two attached hydrogens (primary N) is 1. The van der Waals surface area contributed by atoms with E-state index in [0.29, 0.717) is 18.9 Å².